The zero-order valence-corrected chi connectivity index (χ0v) is 9.18. The third-order valence-corrected chi connectivity index (χ3v) is 2.36. The molecule has 0 aliphatic rings. The summed E-state index contributed by atoms with van der Waals surface area (Å²) in [4.78, 5) is 13.0. The summed E-state index contributed by atoms with van der Waals surface area (Å²) in [5.74, 6) is -0.833. The quantitative estimate of drug-likeness (QED) is 0.536. The first-order valence-electron chi connectivity index (χ1n) is 2.89. The van der Waals surface area contributed by atoms with E-state index in [0.717, 1.165) is 37.8 Å². The fraction of sp³-hybridized carbons (Fsp3) is 0.200. The average molecular weight is 182 g/mol. The molecule has 1 heterocycles. The van der Waals surface area contributed by atoms with E-state index in [-0.39, 0.29) is 0 Å². The predicted molar refractivity (Wildman–Crippen MR) is 45.2 cm³/mol. The van der Waals surface area contributed by atoms with Crippen LogP contribution in [0.15, 0.2) is 5.38 Å². The van der Waals surface area contributed by atoms with Crippen LogP contribution >= 0.6 is 11.3 Å². The molecule has 56 valence electrons. The van der Waals surface area contributed by atoms with Crippen molar-refractivity contribution >= 4 is 53.3 Å². The van der Waals surface area contributed by atoms with E-state index in [9.17, 15) is 0 Å². The van der Waals surface area contributed by atoms with Crippen molar-refractivity contribution in [2.75, 3.05) is 5.73 Å². The van der Waals surface area contributed by atoms with E-state index in [1.807, 2.05) is 5.38 Å². The van der Waals surface area contributed by atoms with E-state index < -0.39 is 5.97 Å². The van der Waals surface area contributed by atoms with Gasteiger partial charge in [-0.1, -0.05) is 0 Å². The van der Waals surface area contributed by atoms with Crippen LogP contribution in [0.1, 0.15) is 6.92 Å². The van der Waals surface area contributed by atoms with Gasteiger partial charge in [0.2, 0.25) is 0 Å². The van der Waals surface area contributed by atoms with E-state index in [1.165, 1.54) is 11.3 Å². The monoisotopic (exact) mass is 182 g/mol. The summed E-state index contributed by atoms with van der Waals surface area (Å²) in [5.41, 5.74) is 5.31. The molecule has 0 unspecified atom stereocenters. The Kier molecular flexibility index (Phi) is 5.49. The Morgan fingerprint density at radius 1 is 1.91 bits per heavy atom. The van der Waals surface area contributed by atoms with Crippen LogP contribution in [-0.4, -0.2) is 44.0 Å². The number of anilines is 1. The molecule has 0 aliphatic carbocycles. The minimum absolute atomic E-state index is 0.685. The van der Waals surface area contributed by atoms with Gasteiger partial charge in [-0.3, -0.25) is 4.79 Å². The molecule has 0 atom stereocenters. The summed E-state index contributed by atoms with van der Waals surface area (Å²) in [7, 11) is 0. The number of nitrogens with zero attached hydrogens (tertiary/aromatic N) is 1. The number of carboxylic acids is 1. The summed E-state index contributed by atoms with van der Waals surface area (Å²) in [6, 6.07) is 0. The zero-order valence-electron chi connectivity index (χ0n) is 6.37. The number of hydrogen-bond acceptors (Lipinski definition) is 4. The van der Waals surface area contributed by atoms with Crippen molar-refractivity contribution in [3.8, 4) is 0 Å². The fourth-order valence-corrected chi connectivity index (χ4v) is 1.67. The van der Waals surface area contributed by atoms with Crippen molar-refractivity contribution in [2.24, 2.45) is 0 Å². The van der Waals surface area contributed by atoms with Crippen LogP contribution in [0.3, 0.4) is 0 Å². The Hall–Kier alpha value is -0.1000. The van der Waals surface area contributed by atoms with Gasteiger partial charge in [0.05, 0.1) is 0 Å². The van der Waals surface area contributed by atoms with Crippen LogP contribution in [0, 0.1) is 0 Å². The first-order valence-corrected chi connectivity index (χ1v) is 4.77. The van der Waals surface area contributed by atoms with Crippen LogP contribution in [0.4, 0.5) is 5.13 Å². The number of carboxylic acid groups (broad SMARTS) is 1. The molecule has 0 amide bonds. The van der Waals surface area contributed by atoms with Gasteiger partial charge in [-0.2, -0.15) is 0 Å². The number of nitrogens with two attached hydrogens (primary N) is 1. The van der Waals surface area contributed by atoms with Crippen molar-refractivity contribution in [1.29, 1.82) is 0 Å². The Balaban J connectivity index is 0.000000218. The maximum atomic E-state index is 9.00. The van der Waals surface area contributed by atoms with Crippen LogP contribution in [-0.2, 0) is 4.79 Å². The van der Waals surface area contributed by atoms with Gasteiger partial charge < -0.3 is 5.11 Å². The molecule has 1 rings (SSSR count). The molecular weight excluding hydrogens is 175 g/mol. The number of nitrogen functional groups attached to an aromatic ring is 1. The first kappa shape index (κ1) is 10.9. The molecule has 0 radical (unpaired) electrons. The van der Waals surface area contributed by atoms with Gasteiger partial charge in [0.25, 0.3) is 5.97 Å². The molecule has 3 N–H and O–H groups in total. The van der Waals surface area contributed by atoms with Crippen LogP contribution in [0.2, 0.25) is 0 Å². The third-order valence-electron chi connectivity index (χ3n) is 0.637. The van der Waals surface area contributed by atoms with Gasteiger partial charge in [-0.05, 0) is 0 Å². The number of carbonyl (C=O) groups is 1. The minimum atomic E-state index is -0.833. The molecule has 0 saturated carbocycles. The fourth-order valence-electron chi connectivity index (χ4n) is 0.372. The first-order chi connectivity index (χ1) is 5.02. The molecule has 1 aromatic heterocycles. The van der Waals surface area contributed by atoms with Crippen molar-refractivity contribution in [1.82, 2.24) is 4.98 Å². The number of thiazole rings is 1. The zero-order chi connectivity index (χ0) is 8.85. The van der Waals surface area contributed by atoms with Gasteiger partial charge >= 0.3 is 63.4 Å². The van der Waals surface area contributed by atoms with Crippen LogP contribution in [0.25, 0.3) is 0 Å². The molecule has 6 heteroatoms. The number of aromatic nitrogens is 1. The van der Waals surface area contributed by atoms with Gasteiger partial charge in [0.1, 0.15) is 0 Å². The molecule has 1 aromatic rings. The second-order valence-electron chi connectivity index (χ2n) is 1.85. The maximum absolute atomic E-state index is 9.00. The van der Waals surface area contributed by atoms with Crippen molar-refractivity contribution in [3.05, 3.63) is 5.38 Å². The Labute approximate surface area is 85.9 Å². The summed E-state index contributed by atoms with van der Waals surface area (Å²) in [6.07, 6.45) is 0. The molecule has 0 spiro atoms. The molecule has 0 bridgehead atoms. The second kappa shape index (κ2) is 5.54. The normalized spacial score (nSPS) is 8.27. The van der Waals surface area contributed by atoms with Crippen molar-refractivity contribution in [3.63, 3.8) is 0 Å². The summed E-state index contributed by atoms with van der Waals surface area (Å²) in [6.45, 7) is 1.08. The third kappa shape index (κ3) is 7.80. The van der Waals surface area contributed by atoms with Gasteiger partial charge in [-0.25, -0.2) is 0 Å². The average Bonchev–Trinajstić information content (AvgIpc) is 2.13. The molecule has 4 nitrogen and oxygen atoms in total. The molecule has 0 saturated heterocycles. The number of hydrogen-bond donors (Lipinski definition) is 2. The van der Waals surface area contributed by atoms with Gasteiger partial charge in [0, 0.05) is 6.92 Å². The predicted octanol–water partition coefficient (Wildman–Crippen LogP) is -0.390. The summed E-state index contributed by atoms with van der Waals surface area (Å²) < 4.78 is 1.14. The Morgan fingerprint density at radius 3 is 2.45 bits per heavy atom. The molecule has 0 fully saturated rings. The van der Waals surface area contributed by atoms with E-state index in [4.69, 9.17) is 15.6 Å². The topological polar surface area (TPSA) is 76.2 Å². The van der Waals surface area contributed by atoms with E-state index in [1.54, 1.807) is 0 Å². The number of aliphatic carboxylic acids is 1. The molecule has 11 heavy (non-hydrogen) atoms. The Bertz CT molecular complexity index is 218. The SMILES string of the molecule is CC(=O)O.Nc1n[c]([Na])cs1. The van der Waals surface area contributed by atoms with Crippen molar-refractivity contribution in [2.45, 2.75) is 6.92 Å². The van der Waals surface area contributed by atoms with Gasteiger partial charge in [0.15, 0.2) is 0 Å². The van der Waals surface area contributed by atoms with Crippen molar-refractivity contribution < 1.29 is 9.90 Å². The standard InChI is InChI=1S/C3H3N2S.C2H4O2.Na/c4-3-5-1-2-6-3;1-2(3)4;/h2H,(H2,4,5);1H3,(H,3,4);. The molecule has 0 aromatic carbocycles. The molecule has 0 aliphatic heterocycles. The summed E-state index contributed by atoms with van der Waals surface area (Å²) in [5, 5.41) is 10.1. The summed E-state index contributed by atoms with van der Waals surface area (Å²) >= 11 is 2.52. The van der Waals surface area contributed by atoms with Crippen LogP contribution < -0.4 is 8.68 Å². The second-order valence-corrected chi connectivity index (χ2v) is 3.76. The van der Waals surface area contributed by atoms with E-state index >= 15 is 0 Å². The van der Waals surface area contributed by atoms with E-state index in [0.29, 0.717) is 5.13 Å². The Morgan fingerprint density at radius 2 is 2.36 bits per heavy atom. The molecular formula is C5H7N2NaO2S. The van der Waals surface area contributed by atoms with Gasteiger partial charge in [-0.15, -0.1) is 0 Å². The van der Waals surface area contributed by atoms with E-state index in [2.05, 4.69) is 4.98 Å². The number of rotatable bonds is 0. The van der Waals surface area contributed by atoms with Crippen LogP contribution in [0.5, 0.6) is 0 Å².